The average molecular weight is 269 g/mol. The molecule has 1 heterocycles. The van der Waals surface area contributed by atoms with Crippen molar-refractivity contribution in [2.24, 2.45) is 0 Å². The molecule has 0 aliphatic heterocycles. The van der Waals surface area contributed by atoms with Crippen molar-refractivity contribution in [2.45, 2.75) is 19.9 Å². The summed E-state index contributed by atoms with van der Waals surface area (Å²) in [6, 6.07) is 13.6. The Bertz CT molecular complexity index is 537. The molecule has 20 heavy (non-hydrogen) atoms. The highest BCUT2D eigenvalue weighted by Gasteiger charge is 2.02. The Morgan fingerprint density at radius 2 is 1.95 bits per heavy atom. The van der Waals surface area contributed by atoms with E-state index in [4.69, 9.17) is 0 Å². The van der Waals surface area contributed by atoms with Gasteiger partial charge < -0.3 is 10.6 Å². The number of amides is 1. The molecule has 0 radical (unpaired) electrons. The van der Waals surface area contributed by atoms with Crippen LogP contribution >= 0.6 is 0 Å². The van der Waals surface area contributed by atoms with Gasteiger partial charge in [0.2, 0.25) is 5.91 Å². The Hall–Kier alpha value is -2.20. The molecule has 0 spiro atoms. The first-order valence-electron chi connectivity index (χ1n) is 6.71. The first kappa shape index (κ1) is 14.2. The van der Waals surface area contributed by atoms with Crippen molar-refractivity contribution < 1.29 is 4.79 Å². The first-order valence-corrected chi connectivity index (χ1v) is 6.71. The molecule has 4 heteroatoms. The predicted molar refractivity (Wildman–Crippen MR) is 80.4 cm³/mol. The summed E-state index contributed by atoms with van der Waals surface area (Å²) in [6.45, 7) is 3.33. The molecule has 0 unspecified atom stereocenters. The number of aryl methyl sites for hydroxylation is 1. The van der Waals surface area contributed by atoms with Crippen LogP contribution in [0, 0.1) is 6.92 Å². The molecule has 2 N–H and O–H groups in total. The van der Waals surface area contributed by atoms with Gasteiger partial charge in [0.1, 0.15) is 0 Å². The fraction of sp³-hybridized carbons (Fsp3) is 0.250. The van der Waals surface area contributed by atoms with Gasteiger partial charge in [-0.25, -0.2) is 0 Å². The van der Waals surface area contributed by atoms with Crippen molar-refractivity contribution in [1.82, 2.24) is 10.3 Å². The van der Waals surface area contributed by atoms with Crippen molar-refractivity contribution in [2.75, 3.05) is 11.9 Å². The van der Waals surface area contributed by atoms with Crippen LogP contribution in [0.25, 0.3) is 0 Å². The van der Waals surface area contributed by atoms with E-state index in [2.05, 4.69) is 15.6 Å². The summed E-state index contributed by atoms with van der Waals surface area (Å²) in [5.74, 6) is 0.0161. The number of hydrogen-bond acceptors (Lipinski definition) is 3. The maximum absolute atomic E-state index is 11.7. The number of anilines is 1. The summed E-state index contributed by atoms with van der Waals surface area (Å²) >= 11 is 0. The SMILES string of the molecule is Cc1ccc(NC(=O)CCNCc2ccccn2)cc1. The molecule has 0 fully saturated rings. The van der Waals surface area contributed by atoms with Crippen LogP contribution in [0.5, 0.6) is 0 Å². The molecular formula is C16H19N3O. The molecule has 0 aliphatic carbocycles. The normalized spacial score (nSPS) is 10.2. The Labute approximate surface area is 119 Å². The molecule has 1 amide bonds. The molecule has 2 aromatic rings. The van der Waals surface area contributed by atoms with Gasteiger partial charge in [0.05, 0.1) is 5.69 Å². The van der Waals surface area contributed by atoms with E-state index < -0.39 is 0 Å². The number of hydrogen-bond donors (Lipinski definition) is 2. The number of pyridine rings is 1. The Morgan fingerprint density at radius 3 is 2.65 bits per heavy atom. The van der Waals surface area contributed by atoms with E-state index in [9.17, 15) is 4.79 Å². The lowest BCUT2D eigenvalue weighted by Crippen LogP contribution is -2.21. The Morgan fingerprint density at radius 1 is 1.15 bits per heavy atom. The molecule has 2 rings (SSSR count). The number of benzene rings is 1. The number of carbonyl (C=O) groups excluding carboxylic acids is 1. The van der Waals surface area contributed by atoms with Crippen LogP contribution in [0.3, 0.4) is 0 Å². The van der Waals surface area contributed by atoms with Gasteiger partial charge in [0.15, 0.2) is 0 Å². The van der Waals surface area contributed by atoms with Crippen LogP contribution in [0.15, 0.2) is 48.7 Å². The number of rotatable bonds is 6. The van der Waals surface area contributed by atoms with E-state index in [0.717, 1.165) is 11.4 Å². The predicted octanol–water partition coefficient (Wildman–Crippen LogP) is 2.51. The third-order valence-corrected chi connectivity index (χ3v) is 2.90. The van der Waals surface area contributed by atoms with Crippen molar-refractivity contribution >= 4 is 11.6 Å². The third-order valence-electron chi connectivity index (χ3n) is 2.90. The molecule has 4 nitrogen and oxygen atoms in total. The lowest BCUT2D eigenvalue weighted by molar-refractivity contribution is -0.116. The lowest BCUT2D eigenvalue weighted by atomic mass is 10.2. The van der Waals surface area contributed by atoms with Crippen LogP contribution in [0.4, 0.5) is 5.69 Å². The molecule has 0 bridgehead atoms. The average Bonchev–Trinajstić information content (AvgIpc) is 2.47. The van der Waals surface area contributed by atoms with Gasteiger partial charge in [0, 0.05) is 31.4 Å². The van der Waals surface area contributed by atoms with Crippen LogP contribution in [0.2, 0.25) is 0 Å². The molecular weight excluding hydrogens is 250 g/mol. The van der Waals surface area contributed by atoms with Gasteiger partial charge in [0.25, 0.3) is 0 Å². The van der Waals surface area contributed by atoms with Crippen LogP contribution in [-0.2, 0) is 11.3 Å². The van der Waals surface area contributed by atoms with E-state index in [0.29, 0.717) is 19.5 Å². The smallest absolute Gasteiger partial charge is 0.225 e. The summed E-state index contributed by atoms with van der Waals surface area (Å²) in [7, 11) is 0. The molecule has 0 atom stereocenters. The topological polar surface area (TPSA) is 54.0 Å². The zero-order chi connectivity index (χ0) is 14.2. The van der Waals surface area contributed by atoms with E-state index >= 15 is 0 Å². The van der Waals surface area contributed by atoms with Crippen molar-refractivity contribution in [3.63, 3.8) is 0 Å². The highest BCUT2D eigenvalue weighted by atomic mass is 16.1. The van der Waals surface area contributed by atoms with Gasteiger partial charge in [-0.05, 0) is 31.2 Å². The quantitative estimate of drug-likeness (QED) is 0.792. The van der Waals surface area contributed by atoms with Crippen molar-refractivity contribution in [1.29, 1.82) is 0 Å². The van der Waals surface area contributed by atoms with Gasteiger partial charge in [-0.1, -0.05) is 23.8 Å². The molecule has 0 saturated heterocycles. The maximum Gasteiger partial charge on any atom is 0.225 e. The standard InChI is InChI=1S/C16H19N3O/c1-13-5-7-14(8-6-13)19-16(20)9-11-17-12-15-4-2-3-10-18-15/h2-8,10,17H,9,11-12H2,1H3,(H,19,20). The van der Waals surface area contributed by atoms with Crippen LogP contribution in [-0.4, -0.2) is 17.4 Å². The number of nitrogens with zero attached hydrogens (tertiary/aromatic N) is 1. The largest absolute Gasteiger partial charge is 0.326 e. The highest BCUT2D eigenvalue weighted by molar-refractivity contribution is 5.90. The fourth-order valence-electron chi connectivity index (χ4n) is 1.78. The third kappa shape index (κ3) is 4.82. The summed E-state index contributed by atoms with van der Waals surface area (Å²) in [4.78, 5) is 16.0. The molecule has 0 saturated carbocycles. The fourth-order valence-corrected chi connectivity index (χ4v) is 1.78. The van der Waals surface area contributed by atoms with Crippen molar-refractivity contribution in [3.05, 3.63) is 59.9 Å². The first-order chi connectivity index (χ1) is 9.74. The van der Waals surface area contributed by atoms with Gasteiger partial charge in [-0.15, -0.1) is 0 Å². The number of nitrogens with one attached hydrogen (secondary N) is 2. The second kappa shape index (κ2) is 7.40. The Balaban J connectivity index is 1.66. The van der Waals surface area contributed by atoms with Gasteiger partial charge in [-0.2, -0.15) is 0 Å². The van der Waals surface area contributed by atoms with E-state index in [-0.39, 0.29) is 5.91 Å². The van der Waals surface area contributed by atoms with E-state index in [1.54, 1.807) is 6.20 Å². The minimum absolute atomic E-state index is 0.0161. The minimum Gasteiger partial charge on any atom is -0.326 e. The molecule has 1 aromatic carbocycles. The Kier molecular flexibility index (Phi) is 5.26. The maximum atomic E-state index is 11.7. The van der Waals surface area contributed by atoms with Crippen molar-refractivity contribution in [3.8, 4) is 0 Å². The summed E-state index contributed by atoms with van der Waals surface area (Å²) in [5, 5.41) is 6.08. The van der Waals surface area contributed by atoms with Crippen LogP contribution < -0.4 is 10.6 Å². The zero-order valence-electron chi connectivity index (χ0n) is 11.6. The highest BCUT2D eigenvalue weighted by Crippen LogP contribution is 2.08. The molecule has 0 aliphatic rings. The monoisotopic (exact) mass is 269 g/mol. The minimum atomic E-state index is 0.0161. The van der Waals surface area contributed by atoms with Gasteiger partial charge >= 0.3 is 0 Å². The number of aromatic nitrogens is 1. The van der Waals surface area contributed by atoms with Gasteiger partial charge in [-0.3, -0.25) is 9.78 Å². The summed E-state index contributed by atoms with van der Waals surface area (Å²) < 4.78 is 0. The number of carbonyl (C=O) groups is 1. The zero-order valence-corrected chi connectivity index (χ0v) is 11.6. The summed E-state index contributed by atoms with van der Waals surface area (Å²) in [6.07, 6.45) is 2.21. The van der Waals surface area contributed by atoms with Crippen LogP contribution in [0.1, 0.15) is 17.7 Å². The second-order valence-corrected chi connectivity index (χ2v) is 4.66. The lowest BCUT2D eigenvalue weighted by Gasteiger charge is -2.06. The second-order valence-electron chi connectivity index (χ2n) is 4.66. The summed E-state index contributed by atoms with van der Waals surface area (Å²) in [5.41, 5.74) is 3.00. The van der Waals surface area contributed by atoms with E-state index in [1.807, 2.05) is 49.4 Å². The molecule has 104 valence electrons. The molecule has 1 aromatic heterocycles. The van der Waals surface area contributed by atoms with E-state index in [1.165, 1.54) is 5.56 Å².